The fraction of sp³-hybridized carbons (Fsp3) is 0.619. The van der Waals surface area contributed by atoms with Crippen LogP contribution in [0.1, 0.15) is 38.3 Å². The summed E-state index contributed by atoms with van der Waals surface area (Å²) in [6, 6.07) is 11.0. The number of carbonyl (C=O) groups is 1. The molecule has 1 aliphatic rings. The van der Waals surface area contributed by atoms with Gasteiger partial charge in [-0.3, -0.25) is 9.69 Å². The highest BCUT2D eigenvalue weighted by Crippen LogP contribution is 2.26. The predicted octanol–water partition coefficient (Wildman–Crippen LogP) is 2.10. The standard InChI is InChI=1S/C21H35N5O/c1-5-22-21(24-16-20(27)25(3)4)23-15-19(18-9-7-6-8-10-18)26-13-11-17(2)12-14-26/h6-10,17,19H,5,11-16H2,1-4H3,(H2,22,23,24). The van der Waals surface area contributed by atoms with E-state index in [-0.39, 0.29) is 12.5 Å². The van der Waals surface area contributed by atoms with Crippen molar-refractivity contribution in [2.45, 2.75) is 32.7 Å². The second-order valence-corrected chi connectivity index (χ2v) is 7.51. The van der Waals surface area contributed by atoms with Crippen molar-refractivity contribution in [1.82, 2.24) is 20.4 Å². The number of amides is 1. The maximum absolute atomic E-state index is 11.8. The van der Waals surface area contributed by atoms with Gasteiger partial charge in [-0.25, -0.2) is 4.99 Å². The molecule has 2 rings (SSSR count). The maximum atomic E-state index is 11.8. The summed E-state index contributed by atoms with van der Waals surface area (Å²) in [5.74, 6) is 1.50. The fourth-order valence-electron chi connectivity index (χ4n) is 3.30. The molecular formula is C21H35N5O. The average Bonchev–Trinajstić information content (AvgIpc) is 2.68. The van der Waals surface area contributed by atoms with Gasteiger partial charge in [-0.15, -0.1) is 0 Å². The molecule has 1 amide bonds. The second-order valence-electron chi connectivity index (χ2n) is 7.51. The third kappa shape index (κ3) is 6.86. The van der Waals surface area contributed by atoms with Crippen molar-refractivity contribution in [3.05, 3.63) is 35.9 Å². The van der Waals surface area contributed by atoms with Gasteiger partial charge in [-0.1, -0.05) is 37.3 Å². The quantitative estimate of drug-likeness (QED) is 0.568. The summed E-state index contributed by atoms with van der Waals surface area (Å²) in [7, 11) is 3.50. The van der Waals surface area contributed by atoms with E-state index in [1.807, 2.05) is 6.92 Å². The van der Waals surface area contributed by atoms with Gasteiger partial charge in [0.15, 0.2) is 5.96 Å². The molecule has 1 fully saturated rings. The van der Waals surface area contributed by atoms with Crippen LogP contribution >= 0.6 is 0 Å². The highest BCUT2D eigenvalue weighted by Gasteiger charge is 2.24. The Hall–Kier alpha value is -2.08. The highest BCUT2D eigenvalue weighted by atomic mass is 16.2. The van der Waals surface area contributed by atoms with E-state index >= 15 is 0 Å². The average molecular weight is 374 g/mol. The molecule has 0 aromatic heterocycles. The number of benzene rings is 1. The predicted molar refractivity (Wildman–Crippen MR) is 112 cm³/mol. The Morgan fingerprint density at radius 2 is 1.89 bits per heavy atom. The number of hydrogen-bond donors (Lipinski definition) is 2. The Morgan fingerprint density at radius 3 is 2.48 bits per heavy atom. The Balaban J connectivity index is 2.06. The number of nitrogens with one attached hydrogen (secondary N) is 2. The summed E-state index contributed by atoms with van der Waals surface area (Å²) < 4.78 is 0. The smallest absolute Gasteiger partial charge is 0.243 e. The van der Waals surface area contributed by atoms with E-state index in [9.17, 15) is 4.79 Å². The van der Waals surface area contributed by atoms with Gasteiger partial charge < -0.3 is 15.5 Å². The molecule has 0 spiro atoms. The molecule has 1 atom stereocenters. The summed E-state index contributed by atoms with van der Waals surface area (Å²) in [6.07, 6.45) is 2.49. The first kappa shape index (κ1) is 21.2. The van der Waals surface area contributed by atoms with Crippen LogP contribution in [0.25, 0.3) is 0 Å². The van der Waals surface area contributed by atoms with Crippen molar-refractivity contribution < 1.29 is 4.79 Å². The van der Waals surface area contributed by atoms with Crippen LogP contribution < -0.4 is 10.6 Å². The molecule has 0 aliphatic carbocycles. The monoisotopic (exact) mass is 373 g/mol. The van der Waals surface area contributed by atoms with Gasteiger partial charge >= 0.3 is 0 Å². The Kier molecular flexibility index (Phi) is 8.58. The molecule has 0 saturated carbocycles. The van der Waals surface area contributed by atoms with Crippen molar-refractivity contribution in [1.29, 1.82) is 0 Å². The Labute approximate surface area is 164 Å². The van der Waals surface area contributed by atoms with Crippen LogP contribution in [0.15, 0.2) is 35.3 Å². The maximum Gasteiger partial charge on any atom is 0.243 e. The Morgan fingerprint density at radius 1 is 1.22 bits per heavy atom. The minimum absolute atomic E-state index is 0.00293. The van der Waals surface area contributed by atoms with Crippen LogP contribution in [0.2, 0.25) is 0 Å². The highest BCUT2D eigenvalue weighted by molar-refractivity contribution is 5.84. The number of hydrogen-bond acceptors (Lipinski definition) is 3. The minimum atomic E-state index is -0.00293. The Bertz CT molecular complexity index is 594. The van der Waals surface area contributed by atoms with E-state index in [0.29, 0.717) is 12.0 Å². The van der Waals surface area contributed by atoms with Crippen molar-refractivity contribution >= 4 is 11.9 Å². The normalized spacial score (nSPS) is 17.4. The molecule has 6 nitrogen and oxygen atoms in total. The fourth-order valence-corrected chi connectivity index (χ4v) is 3.30. The molecule has 1 unspecified atom stereocenters. The second kappa shape index (κ2) is 10.9. The summed E-state index contributed by atoms with van der Waals surface area (Å²) in [6.45, 7) is 8.29. The van der Waals surface area contributed by atoms with Gasteiger partial charge in [0.25, 0.3) is 0 Å². The number of carbonyl (C=O) groups excluding carboxylic acids is 1. The van der Waals surface area contributed by atoms with Gasteiger partial charge in [-0.2, -0.15) is 0 Å². The third-order valence-electron chi connectivity index (χ3n) is 5.12. The lowest BCUT2D eigenvalue weighted by Gasteiger charge is -2.37. The molecule has 27 heavy (non-hydrogen) atoms. The van der Waals surface area contributed by atoms with Gasteiger partial charge in [0.1, 0.15) is 6.54 Å². The summed E-state index contributed by atoms with van der Waals surface area (Å²) in [5, 5.41) is 6.69. The van der Waals surface area contributed by atoms with Crippen molar-refractivity contribution in [3.63, 3.8) is 0 Å². The molecule has 150 valence electrons. The topological polar surface area (TPSA) is 60.0 Å². The van der Waals surface area contributed by atoms with E-state index < -0.39 is 0 Å². The molecule has 1 saturated heterocycles. The first-order chi connectivity index (χ1) is 13.0. The zero-order chi connectivity index (χ0) is 19.6. The lowest BCUT2D eigenvalue weighted by Crippen LogP contribution is -2.45. The molecule has 1 aliphatic heterocycles. The van der Waals surface area contributed by atoms with Crippen molar-refractivity contribution in [2.24, 2.45) is 10.9 Å². The first-order valence-corrected chi connectivity index (χ1v) is 10.0. The number of piperidine rings is 1. The number of likely N-dealkylation sites (tertiary alicyclic amines) is 1. The molecular weight excluding hydrogens is 338 g/mol. The van der Waals surface area contributed by atoms with E-state index in [2.05, 4.69) is 57.8 Å². The molecule has 1 heterocycles. The van der Waals surface area contributed by atoms with Gasteiger partial charge in [-0.05, 0) is 44.3 Å². The summed E-state index contributed by atoms with van der Waals surface area (Å²) in [4.78, 5) is 20.4. The SMILES string of the molecule is CCNC(=NCC(=O)N(C)C)NCC(c1ccccc1)N1CCC(C)CC1. The van der Waals surface area contributed by atoms with E-state index in [0.717, 1.165) is 32.1 Å². The van der Waals surface area contributed by atoms with E-state index in [1.165, 1.54) is 18.4 Å². The van der Waals surface area contributed by atoms with Gasteiger partial charge in [0.2, 0.25) is 5.91 Å². The van der Waals surface area contributed by atoms with Crippen LogP contribution in [0, 0.1) is 5.92 Å². The number of aliphatic imine (C=N–C) groups is 1. The van der Waals surface area contributed by atoms with Crippen LogP contribution in [0.5, 0.6) is 0 Å². The van der Waals surface area contributed by atoms with Crippen LogP contribution in [-0.2, 0) is 4.79 Å². The van der Waals surface area contributed by atoms with Crippen LogP contribution in [-0.4, -0.2) is 68.5 Å². The van der Waals surface area contributed by atoms with Crippen LogP contribution in [0.3, 0.4) is 0 Å². The number of guanidine groups is 1. The zero-order valence-corrected chi connectivity index (χ0v) is 17.2. The molecule has 0 radical (unpaired) electrons. The lowest BCUT2D eigenvalue weighted by molar-refractivity contribution is -0.127. The number of rotatable bonds is 7. The van der Waals surface area contributed by atoms with E-state index in [1.54, 1.807) is 19.0 Å². The summed E-state index contributed by atoms with van der Waals surface area (Å²) >= 11 is 0. The molecule has 2 N–H and O–H groups in total. The first-order valence-electron chi connectivity index (χ1n) is 10.0. The molecule has 1 aromatic carbocycles. The van der Waals surface area contributed by atoms with Gasteiger partial charge in [0.05, 0.1) is 6.04 Å². The van der Waals surface area contributed by atoms with Crippen molar-refractivity contribution in [2.75, 3.05) is 46.8 Å². The van der Waals surface area contributed by atoms with E-state index in [4.69, 9.17) is 0 Å². The largest absolute Gasteiger partial charge is 0.357 e. The molecule has 0 bridgehead atoms. The number of nitrogens with zero attached hydrogens (tertiary/aromatic N) is 3. The molecule has 6 heteroatoms. The third-order valence-corrected chi connectivity index (χ3v) is 5.12. The van der Waals surface area contributed by atoms with Gasteiger partial charge in [0, 0.05) is 27.2 Å². The van der Waals surface area contributed by atoms with Crippen LogP contribution in [0.4, 0.5) is 0 Å². The number of likely N-dealkylation sites (N-methyl/N-ethyl adjacent to an activating group) is 1. The minimum Gasteiger partial charge on any atom is -0.357 e. The molecule has 1 aromatic rings. The lowest BCUT2D eigenvalue weighted by atomic mass is 9.95. The van der Waals surface area contributed by atoms with Crippen molar-refractivity contribution in [3.8, 4) is 0 Å². The zero-order valence-electron chi connectivity index (χ0n) is 17.2. The summed E-state index contributed by atoms with van der Waals surface area (Å²) in [5.41, 5.74) is 1.32.